The van der Waals surface area contributed by atoms with Gasteiger partial charge in [0, 0.05) is 12.1 Å². The second-order valence-electron chi connectivity index (χ2n) is 5.32. The normalized spacial score (nSPS) is 10.6. The average Bonchev–Trinajstić information content (AvgIpc) is 2.51. The molecule has 22 heavy (non-hydrogen) atoms. The third-order valence-electron chi connectivity index (χ3n) is 3.70. The fourth-order valence-electron chi connectivity index (χ4n) is 2.53. The summed E-state index contributed by atoms with van der Waals surface area (Å²) in [6.07, 6.45) is 1.55. The molecule has 1 heterocycles. The summed E-state index contributed by atoms with van der Waals surface area (Å²) in [6, 6.07) is 11.6. The molecule has 0 unspecified atom stereocenters. The lowest BCUT2D eigenvalue weighted by Gasteiger charge is -2.14. The van der Waals surface area contributed by atoms with E-state index in [1.54, 1.807) is 10.6 Å². The molecule has 2 aromatic rings. The standard InChI is InChI=1S/C18H21NO3/c1-3-11-19-16(14-7-5-13(4-2)6-8-14)10-9-15(18(19)22)12-17(20)21/h5-10H,3-4,11-12H2,1-2H3,(H,20,21). The number of hydrogen-bond acceptors (Lipinski definition) is 2. The van der Waals surface area contributed by atoms with Gasteiger partial charge < -0.3 is 9.67 Å². The van der Waals surface area contributed by atoms with Crippen LogP contribution in [0.3, 0.4) is 0 Å². The minimum atomic E-state index is -0.986. The first-order chi connectivity index (χ1) is 10.6. The lowest BCUT2D eigenvalue weighted by Crippen LogP contribution is -2.26. The van der Waals surface area contributed by atoms with Gasteiger partial charge in [0.15, 0.2) is 0 Å². The molecule has 0 aliphatic heterocycles. The lowest BCUT2D eigenvalue weighted by atomic mass is 10.1. The Bertz CT molecular complexity index is 714. The number of aryl methyl sites for hydroxylation is 1. The molecule has 0 bridgehead atoms. The summed E-state index contributed by atoms with van der Waals surface area (Å²) in [6.45, 7) is 4.68. The van der Waals surface area contributed by atoms with Crippen LogP contribution in [0.4, 0.5) is 0 Å². The first-order valence-electron chi connectivity index (χ1n) is 7.60. The molecule has 4 heteroatoms. The summed E-state index contributed by atoms with van der Waals surface area (Å²) >= 11 is 0. The zero-order valence-corrected chi connectivity index (χ0v) is 13.0. The zero-order chi connectivity index (χ0) is 16.1. The predicted octanol–water partition coefficient (Wildman–Crippen LogP) is 3.11. The van der Waals surface area contributed by atoms with Crippen molar-refractivity contribution < 1.29 is 9.90 Å². The van der Waals surface area contributed by atoms with Crippen LogP contribution in [0.5, 0.6) is 0 Å². The van der Waals surface area contributed by atoms with Crippen molar-refractivity contribution in [3.05, 3.63) is 57.9 Å². The van der Waals surface area contributed by atoms with Gasteiger partial charge in [0.2, 0.25) is 0 Å². The van der Waals surface area contributed by atoms with Crippen LogP contribution in [0, 0.1) is 0 Å². The molecule has 0 atom stereocenters. The van der Waals surface area contributed by atoms with E-state index in [2.05, 4.69) is 19.1 Å². The van der Waals surface area contributed by atoms with Gasteiger partial charge in [0.1, 0.15) is 0 Å². The molecule has 2 rings (SSSR count). The van der Waals surface area contributed by atoms with Crippen molar-refractivity contribution >= 4 is 5.97 Å². The molecule has 4 nitrogen and oxygen atoms in total. The van der Waals surface area contributed by atoms with E-state index in [4.69, 9.17) is 5.11 Å². The highest BCUT2D eigenvalue weighted by atomic mass is 16.4. The monoisotopic (exact) mass is 299 g/mol. The highest BCUT2D eigenvalue weighted by molar-refractivity contribution is 5.70. The van der Waals surface area contributed by atoms with E-state index >= 15 is 0 Å². The first-order valence-corrected chi connectivity index (χ1v) is 7.60. The van der Waals surface area contributed by atoms with Gasteiger partial charge in [0.05, 0.1) is 12.1 Å². The van der Waals surface area contributed by atoms with E-state index in [-0.39, 0.29) is 12.0 Å². The molecular weight excluding hydrogens is 278 g/mol. The van der Waals surface area contributed by atoms with Crippen LogP contribution < -0.4 is 5.56 Å². The fraction of sp³-hybridized carbons (Fsp3) is 0.333. The van der Waals surface area contributed by atoms with Crippen LogP contribution >= 0.6 is 0 Å². The SMILES string of the molecule is CCCn1c(-c2ccc(CC)cc2)ccc(CC(=O)O)c1=O. The molecule has 1 N–H and O–H groups in total. The maximum Gasteiger partial charge on any atom is 0.308 e. The van der Waals surface area contributed by atoms with Crippen molar-refractivity contribution in [1.29, 1.82) is 0 Å². The molecule has 0 amide bonds. The molecule has 0 aliphatic carbocycles. The summed E-state index contributed by atoms with van der Waals surface area (Å²) in [5, 5.41) is 8.91. The Morgan fingerprint density at radius 3 is 2.32 bits per heavy atom. The number of hydrogen-bond donors (Lipinski definition) is 1. The number of carboxylic acids is 1. The van der Waals surface area contributed by atoms with E-state index in [1.165, 1.54) is 5.56 Å². The lowest BCUT2D eigenvalue weighted by molar-refractivity contribution is -0.136. The largest absolute Gasteiger partial charge is 0.481 e. The van der Waals surface area contributed by atoms with Crippen molar-refractivity contribution in [3.63, 3.8) is 0 Å². The first kappa shape index (κ1) is 16.0. The maximum atomic E-state index is 12.5. The number of aliphatic carboxylic acids is 1. The average molecular weight is 299 g/mol. The van der Waals surface area contributed by atoms with Gasteiger partial charge >= 0.3 is 5.97 Å². The topological polar surface area (TPSA) is 59.3 Å². The summed E-state index contributed by atoms with van der Waals surface area (Å²) in [4.78, 5) is 23.4. The van der Waals surface area contributed by atoms with E-state index in [1.807, 2.05) is 25.1 Å². The Morgan fingerprint density at radius 1 is 1.09 bits per heavy atom. The number of nitrogens with zero attached hydrogens (tertiary/aromatic N) is 1. The molecule has 0 radical (unpaired) electrons. The number of aromatic nitrogens is 1. The van der Waals surface area contributed by atoms with Crippen LogP contribution in [0.1, 0.15) is 31.4 Å². The Morgan fingerprint density at radius 2 is 1.77 bits per heavy atom. The molecule has 0 spiro atoms. The van der Waals surface area contributed by atoms with Crippen molar-refractivity contribution in [2.24, 2.45) is 0 Å². The summed E-state index contributed by atoms with van der Waals surface area (Å²) in [7, 11) is 0. The Labute approximate surface area is 130 Å². The number of carboxylic acid groups (broad SMARTS) is 1. The molecule has 0 aliphatic rings. The summed E-state index contributed by atoms with van der Waals surface area (Å²) in [5.74, 6) is -0.986. The predicted molar refractivity (Wildman–Crippen MR) is 87.1 cm³/mol. The molecule has 1 aromatic carbocycles. The smallest absolute Gasteiger partial charge is 0.308 e. The van der Waals surface area contributed by atoms with Crippen molar-refractivity contribution in [2.45, 2.75) is 39.7 Å². The van der Waals surface area contributed by atoms with Gasteiger partial charge in [0.25, 0.3) is 5.56 Å². The van der Waals surface area contributed by atoms with E-state index in [0.29, 0.717) is 12.1 Å². The third kappa shape index (κ3) is 3.45. The quantitative estimate of drug-likeness (QED) is 0.891. The molecule has 1 aromatic heterocycles. The zero-order valence-electron chi connectivity index (χ0n) is 13.0. The Hall–Kier alpha value is -2.36. The summed E-state index contributed by atoms with van der Waals surface area (Å²) in [5.41, 5.74) is 3.18. The minimum absolute atomic E-state index is 0.207. The third-order valence-corrected chi connectivity index (χ3v) is 3.70. The number of rotatable bonds is 6. The fourth-order valence-corrected chi connectivity index (χ4v) is 2.53. The Kier molecular flexibility index (Phi) is 5.15. The van der Waals surface area contributed by atoms with Gasteiger partial charge in [-0.3, -0.25) is 9.59 Å². The van der Waals surface area contributed by atoms with Crippen LogP contribution in [-0.2, 0) is 24.2 Å². The molecular formula is C18H21NO3. The van der Waals surface area contributed by atoms with Gasteiger partial charge in [-0.05, 0) is 30.0 Å². The van der Waals surface area contributed by atoms with Crippen LogP contribution in [0.25, 0.3) is 11.3 Å². The number of pyridine rings is 1. The van der Waals surface area contributed by atoms with Gasteiger partial charge in [-0.1, -0.05) is 44.2 Å². The highest BCUT2D eigenvalue weighted by Crippen LogP contribution is 2.20. The highest BCUT2D eigenvalue weighted by Gasteiger charge is 2.12. The van der Waals surface area contributed by atoms with Gasteiger partial charge in [-0.2, -0.15) is 0 Å². The molecule has 116 valence electrons. The number of benzene rings is 1. The van der Waals surface area contributed by atoms with Crippen molar-refractivity contribution in [1.82, 2.24) is 4.57 Å². The Balaban J connectivity index is 2.52. The second-order valence-corrected chi connectivity index (χ2v) is 5.32. The summed E-state index contributed by atoms with van der Waals surface area (Å²) < 4.78 is 1.68. The molecule has 0 saturated carbocycles. The second kappa shape index (κ2) is 7.07. The maximum absolute atomic E-state index is 12.5. The van der Waals surface area contributed by atoms with Crippen LogP contribution in [0.2, 0.25) is 0 Å². The van der Waals surface area contributed by atoms with Crippen LogP contribution in [-0.4, -0.2) is 15.6 Å². The van der Waals surface area contributed by atoms with E-state index in [9.17, 15) is 9.59 Å². The van der Waals surface area contributed by atoms with Crippen LogP contribution in [0.15, 0.2) is 41.2 Å². The van der Waals surface area contributed by atoms with Crippen molar-refractivity contribution in [3.8, 4) is 11.3 Å². The number of carbonyl (C=O) groups is 1. The van der Waals surface area contributed by atoms with Crippen molar-refractivity contribution in [2.75, 3.05) is 0 Å². The molecule has 0 fully saturated rings. The minimum Gasteiger partial charge on any atom is -0.481 e. The van der Waals surface area contributed by atoms with Gasteiger partial charge in [-0.25, -0.2) is 0 Å². The van der Waals surface area contributed by atoms with E-state index in [0.717, 1.165) is 24.1 Å². The van der Waals surface area contributed by atoms with E-state index < -0.39 is 5.97 Å². The van der Waals surface area contributed by atoms with Gasteiger partial charge in [-0.15, -0.1) is 0 Å². The molecule has 0 saturated heterocycles.